The van der Waals surface area contributed by atoms with Crippen molar-refractivity contribution in [2.24, 2.45) is 0 Å². The van der Waals surface area contributed by atoms with Gasteiger partial charge in [-0.05, 0) is 29.8 Å². The molecule has 0 aliphatic rings. The number of halogens is 1. The Bertz CT molecular complexity index is 990. The van der Waals surface area contributed by atoms with Crippen LogP contribution >= 0.6 is 11.6 Å². The Balaban J connectivity index is 1.95. The zero-order chi connectivity index (χ0) is 15.1. The van der Waals surface area contributed by atoms with Crippen LogP contribution in [-0.4, -0.2) is 14.4 Å². The number of nitrogens with zero attached hydrogens (tertiary/aromatic N) is 3. The molecule has 2 aromatic carbocycles. The standard InChI is InChI=1S/C17H13ClN4/c18-12-5-3-4-11(8-12)9-13-10-20-17-16(19)21-14-6-1-2-7-15(14)22(13)17/h1-8,10H,9H2,(H2,19,21). The van der Waals surface area contributed by atoms with Gasteiger partial charge in [0.2, 0.25) is 0 Å². The molecule has 0 unspecified atom stereocenters. The van der Waals surface area contributed by atoms with Crippen molar-refractivity contribution in [3.05, 3.63) is 71.0 Å². The van der Waals surface area contributed by atoms with E-state index < -0.39 is 0 Å². The number of hydrogen-bond acceptors (Lipinski definition) is 3. The monoisotopic (exact) mass is 308 g/mol. The zero-order valence-corrected chi connectivity index (χ0v) is 12.5. The second kappa shape index (κ2) is 5.00. The van der Waals surface area contributed by atoms with Gasteiger partial charge in [0.15, 0.2) is 11.5 Å². The molecule has 108 valence electrons. The summed E-state index contributed by atoms with van der Waals surface area (Å²) < 4.78 is 2.07. The molecule has 0 fully saturated rings. The van der Waals surface area contributed by atoms with Crippen LogP contribution in [0.15, 0.2) is 54.7 Å². The number of hydrogen-bond donors (Lipinski definition) is 1. The lowest BCUT2D eigenvalue weighted by Crippen LogP contribution is -2.01. The van der Waals surface area contributed by atoms with Crippen LogP contribution in [0.5, 0.6) is 0 Å². The maximum absolute atomic E-state index is 6.07. The summed E-state index contributed by atoms with van der Waals surface area (Å²) in [7, 11) is 0. The molecule has 2 aromatic heterocycles. The summed E-state index contributed by atoms with van der Waals surface area (Å²) >= 11 is 6.07. The number of para-hydroxylation sites is 2. The van der Waals surface area contributed by atoms with Crippen molar-refractivity contribution < 1.29 is 0 Å². The average Bonchev–Trinajstić information content (AvgIpc) is 2.92. The quantitative estimate of drug-likeness (QED) is 0.614. The zero-order valence-electron chi connectivity index (χ0n) is 11.7. The average molecular weight is 309 g/mol. The highest BCUT2D eigenvalue weighted by Crippen LogP contribution is 2.23. The van der Waals surface area contributed by atoms with Crippen LogP contribution in [0.4, 0.5) is 5.82 Å². The van der Waals surface area contributed by atoms with E-state index in [1.54, 1.807) is 0 Å². The number of rotatable bonds is 2. The van der Waals surface area contributed by atoms with Gasteiger partial charge in [-0.1, -0.05) is 35.9 Å². The van der Waals surface area contributed by atoms with Crippen molar-refractivity contribution in [3.63, 3.8) is 0 Å². The molecule has 4 rings (SSSR count). The van der Waals surface area contributed by atoms with Gasteiger partial charge < -0.3 is 5.73 Å². The number of nitrogen functional groups attached to an aromatic ring is 1. The summed E-state index contributed by atoms with van der Waals surface area (Å²) in [6.07, 6.45) is 2.58. The van der Waals surface area contributed by atoms with Gasteiger partial charge in [-0.25, -0.2) is 9.97 Å². The normalized spacial score (nSPS) is 11.3. The summed E-state index contributed by atoms with van der Waals surface area (Å²) in [4.78, 5) is 8.84. The van der Waals surface area contributed by atoms with Gasteiger partial charge in [-0.15, -0.1) is 0 Å². The molecular formula is C17H13ClN4. The van der Waals surface area contributed by atoms with Crippen molar-refractivity contribution in [1.82, 2.24) is 14.4 Å². The van der Waals surface area contributed by atoms with E-state index in [-0.39, 0.29) is 0 Å². The van der Waals surface area contributed by atoms with Crippen molar-refractivity contribution in [3.8, 4) is 0 Å². The van der Waals surface area contributed by atoms with Crippen LogP contribution in [0.3, 0.4) is 0 Å². The van der Waals surface area contributed by atoms with Crippen molar-refractivity contribution >= 4 is 34.1 Å². The van der Waals surface area contributed by atoms with E-state index in [1.807, 2.05) is 48.7 Å². The minimum Gasteiger partial charge on any atom is -0.381 e. The highest BCUT2D eigenvalue weighted by atomic mass is 35.5. The fourth-order valence-electron chi connectivity index (χ4n) is 2.74. The Labute approximate surface area is 132 Å². The van der Waals surface area contributed by atoms with E-state index in [1.165, 1.54) is 0 Å². The molecule has 4 nitrogen and oxygen atoms in total. The number of aromatic nitrogens is 3. The minimum absolute atomic E-state index is 0.441. The van der Waals surface area contributed by atoms with Crippen LogP contribution in [0.2, 0.25) is 5.02 Å². The lowest BCUT2D eigenvalue weighted by molar-refractivity contribution is 1.05. The number of fused-ring (bicyclic) bond motifs is 3. The van der Waals surface area contributed by atoms with E-state index in [9.17, 15) is 0 Å². The smallest absolute Gasteiger partial charge is 0.180 e. The molecule has 22 heavy (non-hydrogen) atoms. The highest BCUT2D eigenvalue weighted by Gasteiger charge is 2.11. The maximum atomic E-state index is 6.07. The Kier molecular flexibility index (Phi) is 2.98. The van der Waals surface area contributed by atoms with E-state index in [4.69, 9.17) is 17.3 Å². The fraction of sp³-hybridized carbons (Fsp3) is 0.0588. The first-order chi connectivity index (χ1) is 10.7. The van der Waals surface area contributed by atoms with Crippen LogP contribution < -0.4 is 5.73 Å². The first kappa shape index (κ1) is 13.1. The second-order valence-corrected chi connectivity index (χ2v) is 5.64. The summed E-state index contributed by atoms with van der Waals surface area (Å²) in [5.41, 5.74) is 10.8. The number of anilines is 1. The minimum atomic E-state index is 0.441. The van der Waals surface area contributed by atoms with Gasteiger partial charge in [0.25, 0.3) is 0 Å². The molecule has 2 heterocycles. The third kappa shape index (κ3) is 2.09. The molecule has 0 atom stereocenters. The Morgan fingerprint density at radius 2 is 1.95 bits per heavy atom. The summed E-state index contributed by atoms with van der Waals surface area (Å²) in [6, 6.07) is 15.8. The van der Waals surface area contributed by atoms with E-state index >= 15 is 0 Å². The molecule has 0 saturated heterocycles. The maximum Gasteiger partial charge on any atom is 0.180 e. The molecule has 0 aliphatic heterocycles. The van der Waals surface area contributed by atoms with Gasteiger partial charge in [0.1, 0.15) is 0 Å². The van der Waals surface area contributed by atoms with Crippen molar-refractivity contribution in [1.29, 1.82) is 0 Å². The van der Waals surface area contributed by atoms with Crippen LogP contribution in [-0.2, 0) is 6.42 Å². The number of nitrogens with two attached hydrogens (primary N) is 1. The fourth-order valence-corrected chi connectivity index (χ4v) is 2.96. The number of imidazole rings is 1. The Morgan fingerprint density at radius 3 is 2.82 bits per heavy atom. The predicted octanol–water partition coefficient (Wildman–Crippen LogP) is 3.71. The summed E-state index contributed by atoms with van der Waals surface area (Å²) in [5.74, 6) is 0.441. The SMILES string of the molecule is Nc1nc2ccccc2n2c(Cc3cccc(Cl)c3)cnc12. The lowest BCUT2D eigenvalue weighted by atomic mass is 10.1. The van der Waals surface area contributed by atoms with Crippen LogP contribution in [0, 0.1) is 0 Å². The molecular weight excluding hydrogens is 296 g/mol. The van der Waals surface area contributed by atoms with Gasteiger partial charge in [-0.3, -0.25) is 4.40 Å². The molecule has 0 spiro atoms. The molecule has 2 N–H and O–H groups in total. The van der Waals surface area contributed by atoms with E-state index in [2.05, 4.69) is 20.4 Å². The van der Waals surface area contributed by atoms with E-state index in [0.29, 0.717) is 11.5 Å². The number of benzene rings is 2. The van der Waals surface area contributed by atoms with Gasteiger partial charge in [0, 0.05) is 23.3 Å². The first-order valence-corrected chi connectivity index (χ1v) is 7.35. The molecule has 0 bridgehead atoms. The summed E-state index contributed by atoms with van der Waals surface area (Å²) in [5, 5.41) is 0.734. The highest BCUT2D eigenvalue weighted by molar-refractivity contribution is 6.30. The molecule has 0 amide bonds. The summed E-state index contributed by atoms with van der Waals surface area (Å²) in [6.45, 7) is 0. The third-order valence-electron chi connectivity index (χ3n) is 3.70. The van der Waals surface area contributed by atoms with Gasteiger partial charge >= 0.3 is 0 Å². The topological polar surface area (TPSA) is 56.2 Å². The van der Waals surface area contributed by atoms with Crippen LogP contribution in [0.25, 0.3) is 16.7 Å². The molecule has 0 aliphatic carbocycles. The molecule has 0 saturated carbocycles. The Hall–Kier alpha value is -2.59. The third-order valence-corrected chi connectivity index (χ3v) is 3.94. The molecule has 4 aromatic rings. The lowest BCUT2D eigenvalue weighted by Gasteiger charge is -2.08. The van der Waals surface area contributed by atoms with Gasteiger partial charge in [0.05, 0.1) is 11.0 Å². The second-order valence-electron chi connectivity index (χ2n) is 5.20. The molecule has 5 heteroatoms. The Morgan fingerprint density at radius 1 is 1.09 bits per heavy atom. The van der Waals surface area contributed by atoms with Crippen LogP contribution in [0.1, 0.15) is 11.3 Å². The predicted molar refractivity (Wildman–Crippen MR) is 89.2 cm³/mol. The van der Waals surface area contributed by atoms with Crippen molar-refractivity contribution in [2.45, 2.75) is 6.42 Å². The first-order valence-electron chi connectivity index (χ1n) is 6.97. The molecule has 0 radical (unpaired) electrons. The largest absolute Gasteiger partial charge is 0.381 e. The van der Waals surface area contributed by atoms with E-state index in [0.717, 1.165) is 33.7 Å². The van der Waals surface area contributed by atoms with Gasteiger partial charge in [-0.2, -0.15) is 0 Å². The van der Waals surface area contributed by atoms with Crippen molar-refractivity contribution in [2.75, 3.05) is 5.73 Å².